The van der Waals surface area contributed by atoms with Gasteiger partial charge in [-0.1, -0.05) is 12.1 Å². The molecule has 5 heteroatoms. The lowest BCUT2D eigenvalue weighted by atomic mass is 10.1. The van der Waals surface area contributed by atoms with Gasteiger partial charge < -0.3 is 15.8 Å². The van der Waals surface area contributed by atoms with E-state index in [9.17, 15) is 4.79 Å². The van der Waals surface area contributed by atoms with E-state index in [0.717, 1.165) is 50.5 Å². The Labute approximate surface area is 126 Å². The number of nitrogen functional groups attached to an aromatic ring is 1. The Hall–Kier alpha value is -1.59. The van der Waals surface area contributed by atoms with Crippen LogP contribution in [-0.2, 0) is 16.0 Å². The van der Waals surface area contributed by atoms with Crippen LogP contribution in [0.3, 0.4) is 0 Å². The maximum absolute atomic E-state index is 12.0. The minimum atomic E-state index is 0.104. The third kappa shape index (κ3) is 5.73. The summed E-state index contributed by atoms with van der Waals surface area (Å²) < 4.78 is 5.32. The van der Waals surface area contributed by atoms with Gasteiger partial charge in [-0.15, -0.1) is 0 Å². The van der Waals surface area contributed by atoms with Gasteiger partial charge in [0.25, 0.3) is 0 Å². The van der Waals surface area contributed by atoms with Crippen LogP contribution in [-0.4, -0.2) is 49.7 Å². The number of hydrogen-bond acceptors (Lipinski definition) is 4. The molecule has 1 amide bonds. The highest BCUT2D eigenvalue weighted by molar-refractivity contribution is 5.76. The molecule has 1 unspecified atom stereocenters. The molecular weight excluding hydrogens is 266 g/mol. The Morgan fingerprint density at radius 3 is 2.67 bits per heavy atom. The number of benzene rings is 1. The smallest absolute Gasteiger partial charge is 0.220 e. The minimum absolute atomic E-state index is 0.104. The average Bonchev–Trinajstić information content (AvgIpc) is 2.47. The number of aryl methyl sites for hydroxylation is 1. The van der Waals surface area contributed by atoms with Crippen molar-refractivity contribution in [2.45, 2.75) is 25.8 Å². The number of nitrogens with one attached hydrogen (secondary N) is 1. The lowest BCUT2D eigenvalue weighted by molar-refractivity contribution is -0.121. The standard InChI is InChI=1S/C16H25N3O2/c1-13(12-19-8-10-21-11-9-19)18-16(20)7-4-14-2-5-15(17)6-3-14/h2-3,5-6,13H,4,7-12,17H2,1H3,(H,18,20). The molecule has 0 aliphatic carbocycles. The van der Waals surface area contributed by atoms with Gasteiger partial charge in [0.1, 0.15) is 0 Å². The molecule has 1 heterocycles. The molecule has 1 aromatic rings. The number of amides is 1. The summed E-state index contributed by atoms with van der Waals surface area (Å²) >= 11 is 0. The van der Waals surface area contributed by atoms with E-state index in [4.69, 9.17) is 10.5 Å². The molecule has 0 bridgehead atoms. The van der Waals surface area contributed by atoms with Crippen LogP contribution in [0.4, 0.5) is 5.69 Å². The van der Waals surface area contributed by atoms with E-state index < -0.39 is 0 Å². The fraction of sp³-hybridized carbons (Fsp3) is 0.562. The fourth-order valence-electron chi connectivity index (χ4n) is 2.51. The van der Waals surface area contributed by atoms with Crippen molar-refractivity contribution in [1.29, 1.82) is 0 Å². The molecule has 0 aromatic heterocycles. The third-order valence-electron chi connectivity index (χ3n) is 3.66. The number of nitrogens with two attached hydrogens (primary N) is 1. The first-order valence-electron chi connectivity index (χ1n) is 7.57. The molecule has 5 nitrogen and oxygen atoms in total. The van der Waals surface area contributed by atoms with Gasteiger partial charge in [-0.3, -0.25) is 9.69 Å². The van der Waals surface area contributed by atoms with Crippen molar-refractivity contribution in [2.75, 3.05) is 38.6 Å². The number of ether oxygens (including phenoxy) is 1. The Balaban J connectivity index is 1.67. The summed E-state index contributed by atoms with van der Waals surface area (Å²) in [4.78, 5) is 14.3. The molecule has 2 rings (SSSR count). The number of hydrogen-bond donors (Lipinski definition) is 2. The second kappa shape index (κ2) is 8.00. The minimum Gasteiger partial charge on any atom is -0.399 e. The zero-order valence-electron chi connectivity index (χ0n) is 12.7. The van der Waals surface area contributed by atoms with E-state index in [1.54, 1.807) is 0 Å². The van der Waals surface area contributed by atoms with Gasteiger partial charge in [0.05, 0.1) is 13.2 Å². The maximum Gasteiger partial charge on any atom is 0.220 e. The van der Waals surface area contributed by atoms with Gasteiger partial charge >= 0.3 is 0 Å². The summed E-state index contributed by atoms with van der Waals surface area (Å²) in [5, 5.41) is 3.06. The first-order chi connectivity index (χ1) is 10.1. The fourth-order valence-corrected chi connectivity index (χ4v) is 2.51. The van der Waals surface area contributed by atoms with Crippen LogP contribution in [0, 0.1) is 0 Å². The van der Waals surface area contributed by atoms with Gasteiger partial charge in [-0.05, 0) is 31.0 Å². The number of carbonyl (C=O) groups excluding carboxylic acids is 1. The maximum atomic E-state index is 12.0. The Morgan fingerprint density at radius 1 is 1.33 bits per heavy atom. The van der Waals surface area contributed by atoms with E-state index in [2.05, 4.69) is 17.1 Å². The van der Waals surface area contributed by atoms with Crippen LogP contribution in [0.5, 0.6) is 0 Å². The van der Waals surface area contributed by atoms with Crippen LogP contribution >= 0.6 is 0 Å². The lowest BCUT2D eigenvalue weighted by Gasteiger charge is -2.29. The SMILES string of the molecule is CC(CN1CCOCC1)NC(=O)CCc1ccc(N)cc1. The molecule has 1 aliphatic heterocycles. The summed E-state index contributed by atoms with van der Waals surface area (Å²) in [6, 6.07) is 7.85. The number of rotatable bonds is 6. The molecule has 1 saturated heterocycles. The van der Waals surface area contributed by atoms with Crippen molar-refractivity contribution in [3.8, 4) is 0 Å². The van der Waals surface area contributed by atoms with Crippen LogP contribution < -0.4 is 11.1 Å². The average molecular weight is 291 g/mol. The predicted octanol–water partition coefficient (Wildman–Crippen LogP) is 1.04. The second-order valence-corrected chi connectivity index (χ2v) is 5.62. The topological polar surface area (TPSA) is 67.6 Å². The first-order valence-corrected chi connectivity index (χ1v) is 7.57. The van der Waals surface area contributed by atoms with E-state index >= 15 is 0 Å². The predicted molar refractivity (Wildman–Crippen MR) is 84.0 cm³/mol. The number of nitrogens with zero attached hydrogens (tertiary/aromatic N) is 1. The number of anilines is 1. The number of carbonyl (C=O) groups is 1. The van der Waals surface area contributed by atoms with Gasteiger partial charge in [-0.2, -0.15) is 0 Å². The summed E-state index contributed by atoms with van der Waals surface area (Å²) in [6.45, 7) is 6.42. The van der Waals surface area contributed by atoms with Gasteiger partial charge in [0.2, 0.25) is 5.91 Å². The van der Waals surface area contributed by atoms with Crippen molar-refractivity contribution in [3.05, 3.63) is 29.8 Å². The Bertz CT molecular complexity index is 441. The van der Waals surface area contributed by atoms with Crippen LogP contribution in [0.2, 0.25) is 0 Å². The van der Waals surface area contributed by atoms with Gasteiger partial charge in [0.15, 0.2) is 0 Å². The highest BCUT2D eigenvalue weighted by atomic mass is 16.5. The summed E-state index contributed by atoms with van der Waals surface area (Å²) in [7, 11) is 0. The van der Waals surface area contributed by atoms with Crippen molar-refractivity contribution < 1.29 is 9.53 Å². The summed E-state index contributed by atoms with van der Waals surface area (Å²) in [5.41, 5.74) is 7.54. The van der Waals surface area contributed by atoms with Crippen molar-refractivity contribution in [1.82, 2.24) is 10.2 Å². The molecule has 116 valence electrons. The number of morpholine rings is 1. The highest BCUT2D eigenvalue weighted by Gasteiger charge is 2.15. The monoisotopic (exact) mass is 291 g/mol. The zero-order chi connectivity index (χ0) is 15.1. The molecule has 3 N–H and O–H groups in total. The molecule has 0 radical (unpaired) electrons. The third-order valence-corrected chi connectivity index (χ3v) is 3.66. The van der Waals surface area contributed by atoms with Gasteiger partial charge in [-0.25, -0.2) is 0 Å². The first kappa shape index (κ1) is 15.8. The molecule has 1 fully saturated rings. The molecule has 1 aromatic carbocycles. The second-order valence-electron chi connectivity index (χ2n) is 5.62. The normalized spacial score (nSPS) is 17.4. The summed E-state index contributed by atoms with van der Waals surface area (Å²) in [6.07, 6.45) is 1.26. The lowest BCUT2D eigenvalue weighted by Crippen LogP contribution is -2.46. The zero-order valence-corrected chi connectivity index (χ0v) is 12.7. The quantitative estimate of drug-likeness (QED) is 0.769. The van der Waals surface area contributed by atoms with Crippen LogP contribution in [0.1, 0.15) is 18.9 Å². The van der Waals surface area contributed by atoms with Crippen molar-refractivity contribution in [3.63, 3.8) is 0 Å². The summed E-state index contributed by atoms with van der Waals surface area (Å²) in [5.74, 6) is 0.104. The highest BCUT2D eigenvalue weighted by Crippen LogP contribution is 2.07. The Morgan fingerprint density at radius 2 is 2.00 bits per heavy atom. The molecular formula is C16H25N3O2. The van der Waals surface area contributed by atoms with Crippen LogP contribution in [0.15, 0.2) is 24.3 Å². The van der Waals surface area contributed by atoms with Gasteiger partial charge in [0, 0.05) is 37.8 Å². The molecule has 21 heavy (non-hydrogen) atoms. The van der Waals surface area contributed by atoms with E-state index in [-0.39, 0.29) is 11.9 Å². The van der Waals surface area contributed by atoms with E-state index in [1.165, 1.54) is 0 Å². The van der Waals surface area contributed by atoms with Crippen LogP contribution in [0.25, 0.3) is 0 Å². The van der Waals surface area contributed by atoms with Crippen molar-refractivity contribution >= 4 is 11.6 Å². The van der Waals surface area contributed by atoms with E-state index in [1.807, 2.05) is 24.3 Å². The molecule has 0 spiro atoms. The molecule has 1 aliphatic rings. The van der Waals surface area contributed by atoms with Crippen molar-refractivity contribution in [2.24, 2.45) is 0 Å². The molecule has 1 atom stereocenters. The van der Waals surface area contributed by atoms with E-state index in [0.29, 0.717) is 6.42 Å². The largest absolute Gasteiger partial charge is 0.399 e. The Kier molecular flexibility index (Phi) is 6.02. The molecule has 0 saturated carbocycles.